The van der Waals surface area contributed by atoms with E-state index in [-0.39, 0.29) is 31.5 Å². The zero-order valence-electron chi connectivity index (χ0n) is 14.6. The molecule has 2 aromatic rings. The highest BCUT2D eigenvalue weighted by atomic mass is 16.5. The summed E-state index contributed by atoms with van der Waals surface area (Å²) in [6.45, 7) is 1.19. The van der Waals surface area contributed by atoms with Crippen LogP contribution in [0.4, 0.5) is 0 Å². The lowest BCUT2D eigenvalue weighted by Gasteiger charge is -2.20. The summed E-state index contributed by atoms with van der Waals surface area (Å²) in [5.74, 6) is -1.15. The van der Waals surface area contributed by atoms with Crippen molar-refractivity contribution in [3.8, 4) is 0 Å². The Hall–Kier alpha value is -3.15. The molecule has 0 radical (unpaired) electrons. The van der Waals surface area contributed by atoms with Crippen molar-refractivity contribution in [3.05, 3.63) is 71.8 Å². The topological polar surface area (TPSA) is 84.5 Å². The van der Waals surface area contributed by atoms with Crippen molar-refractivity contribution in [1.29, 1.82) is 0 Å². The number of hydrogen-bond acceptors (Lipinski definition) is 4. The molecule has 2 rings (SSSR count). The quantitative estimate of drug-likeness (QED) is 0.710. The van der Waals surface area contributed by atoms with E-state index in [1.54, 1.807) is 0 Å². The number of rotatable bonds is 8. The maximum Gasteiger partial charge on any atom is 0.308 e. The monoisotopic (exact) mass is 354 g/mol. The van der Waals surface area contributed by atoms with Gasteiger partial charge >= 0.3 is 5.97 Å². The van der Waals surface area contributed by atoms with Crippen LogP contribution in [0.3, 0.4) is 0 Å². The Morgan fingerprint density at radius 1 is 0.923 bits per heavy atom. The van der Waals surface area contributed by atoms with Gasteiger partial charge in [0.05, 0.1) is 12.5 Å². The maximum absolute atomic E-state index is 12.2. The summed E-state index contributed by atoms with van der Waals surface area (Å²) in [5, 5.41) is 5.39. The minimum atomic E-state index is -0.537. The highest BCUT2D eigenvalue weighted by Crippen LogP contribution is 2.21. The van der Waals surface area contributed by atoms with Crippen LogP contribution in [0.25, 0.3) is 0 Å². The fourth-order valence-electron chi connectivity index (χ4n) is 2.41. The molecule has 0 spiro atoms. The number of ether oxygens (including phenoxy) is 1. The third kappa shape index (κ3) is 6.39. The summed E-state index contributed by atoms with van der Waals surface area (Å²) >= 11 is 0. The SMILES string of the molecule is CC(=O)NCCC(=O)OCC(=O)NC(c1ccccc1)c1ccccc1. The molecule has 26 heavy (non-hydrogen) atoms. The second-order valence-corrected chi connectivity index (χ2v) is 5.72. The molecule has 6 heteroatoms. The van der Waals surface area contributed by atoms with Crippen LogP contribution in [-0.2, 0) is 19.1 Å². The van der Waals surface area contributed by atoms with Crippen LogP contribution in [0.5, 0.6) is 0 Å². The second kappa shape index (κ2) is 9.98. The molecule has 0 aliphatic carbocycles. The lowest BCUT2D eigenvalue weighted by atomic mass is 9.99. The van der Waals surface area contributed by atoms with Crippen molar-refractivity contribution in [3.63, 3.8) is 0 Å². The van der Waals surface area contributed by atoms with Gasteiger partial charge in [0.2, 0.25) is 5.91 Å². The van der Waals surface area contributed by atoms with Gasteiger partial charge in [-0.3, -0.25) is 14.4 Å². The first-order valence-electron chi connectivity index (χ1n) is 8.35. The number of carbonyl (C=O) groups excluding carboxylic acids is 3. The minimum Gasteiger partial charge on any atom is -0.456 e. The molecule has 0 aliphatic rings. The van der Waals surface area contributed by atoms with Crippen LogP contribution >= 0.6 is 0 Å². The van der Waals surface area contributed by atoms with Gasteiger partial charge in [0, 0.05) is 13.5 Å². The highest BCUT2D eigenvalue weighted by Gasteiger charge is 2.17. The van der Waals surface area contributed by atoms with Gasteiger partial charge in [0.1, 0.15) is 0 Å². The summed E-state index contributed by atoms with van der Waals surface area (Å²) in [6.07, 6.45) is 0.0215. The maximum atomic E-state index is 12.2. The van der Waals surface area contributed by atoms with E-state index in [2.05, 4.69) is 10.6 Å². The van der Waals surface area contributed by atoms with E-state index in [9.17, 15) is 14.4 Å². The predicted molar refractivity (Wildman–Crippen MR) is 97.1 cm³/mol. The molecule has 136 valence electrons. The van der Waals surface area contributed by atoms with Crippen LogP contribution in [0, 0.1) is 0 Å². The highest BCUT2D eigenvalue weighted by molar-refractivity contribution is 5.81. The first-order valence-corrected chi connectivity index (χ1v) is 8.35. The lowest BCUT2D eigenvalue weighted by Crippen LogP contribution is -2.33. The van der Waals surface area contributed by atoms with E-state index >= 15 is 0 Å². The van der Waals surface area contributed by atoms with Gasteiger partial charge in [-0.05, 0) is 11.1 Å². The van der Waals surface area contributed by atoms with Crippen molar-refractivity contribution in [1.82, 2.24) is 10.6 Å². The van der Waals surface area contributed by atoms with E-state index < -0.39 is 11.9 Å². The van der Waals surface area contributed by atoms with Gasteiger partial charge in [-0.1, -0.05) is 60.7 Å². The first kappa shape index (κ1) is 19.2. The second-order valence-electron chi connectivity index (χ2n) is 5.72. The molecule has 6 nitrogen and oxygen atoms in total. The Balaban J connectivity index is 1.93. The van der Waals surface area contributed by atoms with Crippen molar-refractivity contribution < 1.29 is 19.1 Å². The predicted octanol–water partition coefficient (Wildman–Crippen LogP) is 1.96. The third-order valence-corrected chi connectivity index (χ3v) is 3.64. The number of nitrogens with one attached hydrogen (secondary N) is 2. The number of hydrogen-bond donors (Lipinski definition) is 2. The van der Waals surface area contributed by atoms with Gasteiger partial charge in [-0.25, -0.2) is 0 Å². The van der Waals surface area contributed by atoms with Gasteiger partial charge in [-0.2, -0.15) is 0 Å². The van der Waals surface area contributed by atoms with Crippen LogP contribution in [0.15, 0.2) is 60.7 Å². The molecule has 0 heterocycles. The van der Waals surface area contributed by atoms with E-state index in [0.717, 1.165) is 11.1 Å². The van der Waals surface area contributed by atoms with E-state index in [4.69, 9.17) is 4.74 Å². The average molecular weight is 354 g/mol. The minimum absolute atomic E-state index is 0.0215. The first-order chi connectivity index (χ1) is 12.6. The van der Waals surface area contributed by atoms with Gasteiger partial charge < -0.3 is 15.4 Å². The van der Waals surface area contributed by atoms with Gasteiger partial charge in [0.25, 0.3) is 5.91 Å². The van der Waals surface area contributed by atoms with Crippen LogP contribution in [-0.4, -0.2) is 30.9 Å². The molecule has 0 fully saturated rings. The van der Waals surface area contributed by atoms with Gasteiger partial charge in [-0.15, -0.1) is 0 Å². The standard InChI is InChI=1S/C20H22N2O4/c1-15(23)21-13-12-19(25)26-14-18(24)22-20(16-8-4-2-5-9-16)17-10-6-3-7-11-17/h2-11,20H,12-14H2,1H3,(H,21,23)(H,22,24). The Bertz CT molecular complexity index is 692. The molecular weight excluding hydrogens is 332 g/mol. The van der Waals surface area contributed by atoms with Crippen LogP contribution in [0.2, 0.25) is 0 Å². The number of esters is 1. The molecule has 0 saturated carbocycles. The van der Waals surface area contributed by atoms with Crippen molar-refractivity contribution in [2.45, 2.75) is 19.4 Å². The normalized spacial score (nSPS) is 10.2. The van der Waals surface area contributed by atoms with Crippen molar-refractivity contribution in [2.75, 3.05) is 13.2 Å². The fraction of sp³-hybridized carbons (Fsp3) is 0.250. The average Bonchev–Trinajstić information content (AvgIpc) is 2.65. The molecule has 0 bridgehead atoms. The molecule has 0 atom stereocenters. The Kier molecular flexibility index (Phi) is 7.36. The van der Waals surface area contributed by atoms with Crippen LogP contribution in [0.1, 0.15) is 30.5 Å². The Labute approximate surface area is 152 Å². The molecule has 2 amide bonds. The smallest absolute Gasteiger partial charge is 0.308 e. The van der Waals surface area contributed by atoms with Gasteiger partial charge in [0.15, 0.2) is 6.61 Å². The summed E-state index contributed by atoms with van der Waals surface area (Å²) < 4.78 is 4.96. The molecule has 0 aliphatic heterocycles. The zero-order valence-corrected chi connectivity index (χ0v) is 14.6. The number of amides is 2. The fourth-order valence-corrected chi connectivity index (χ4v) is 2.41. The van der Waals surface area contributed by atoms with Crippen molar-refractivity contribution in [2.24, 2.45) is 0 Å². The molecule has 2 aromatic carbocycles. The summed E-state index contributed by atoms with van der Waals surface area (Å²) in [7, 11) is 0. The summed E-state index contributed by atoms with van der Waals surface area (Å²) in [4.78, 5) is 34.6. The number of benzene rings is 2. The Morgan fingerprint density at radius 3 is 1.96 bits per heavy atom. The summed E-state index contributed by atoms with van der Waals surface area (Å²) in [6, 6.07) is 18.8. The van der Waals surface area contributed by atoms with E-state index in [1.165, 1.54) is 6.92 Å². The summed E-state index contributed by atoms with van der Waals surface area (Å²) in [5.41, 5.74) is 1.87. The Morgan fingerprint density at radius 2 is 1.46 bits per heavy atom. The molecule has 2 N–H and O–H groups in total. The molecule has 0 aromatic heterocycles. The van der Waals surface area contributed by atoms with E-state index in [1.807, 2.05) is 60.7 Å². The lowest BCUT2D eigenvalue weighted by molar-refractivity contribution is -0.148. The third-order valence-electron chi connectivity index (χ3n) is 3.64. The van der Waals surface area contributed by atoms with E-state index in [0.29, 0.717) is 0 Å². The molecular formula is C20H22N2O4. The number of carbonyl (C=O) groups is 3. The largest absolute Gasteiger partial charge is 0.456 e. The zero-order chi connectivity index (χ0) is 18.8. The van der Waals surface area contributed by atoms with Crippen molar-refractivity contribution >= 4 is 17.8 Å². The molecule has 0 unspecified atom stereocenters. The van der Waals surface area contributed by atoms with Crippen LogP contribution < -0.4 is 10.6 Å². The molecule has 0 saturated heterocycles.